The second kappa shape index (κ2) is 10.3. The zero-order valence-corrected chi connectivity index (χ0v) is 12.7. The minimum absolute atomic E-state index is 0.512. The highest BCUT2D eigenvalue weighted by Crippen LogP contribution is 2.22. The number of benzene rings is 1. The molecule has 0 aliphatic rings. The SMILES string of the molecule is CCNC(=NCCOC)NCCOc1ccccc1Cl. The fourth-order valence-electron chi connectivity index (χ4n) is 1.48. The predicted octanol–water partition coefficient (Wildman–Crippen LogP) is 1.92. The minimum atomic E-state index is 0.512. The fraction of sp³-hybridized carbons (Fsp3) is 0.500. The zero-order chi connectivity index (χ0) is 14.6. The van der Waals surface area contributed by atoms with Crippen molar-refractivity contribution in [3.63, 3.8) is 0 Å². The van der Waals surface area contributed by atoms with E-state index >= 15 is 0 Å². The third-order valence-corrected chi connectivity index (χ3v) is 2.71. The average molecular weight is 300 g/mol. The molecule has 0 bridgehead atoms. The Morgan fingerprint density at radius 3 is 2.75 bits per heavy atom. The number of nitrogens with one attached hydrogen (secondary N) is 2. The summed E-state index contributed by atoms with van der Waals surface area (Å²) in [5.41, 5.74) is 0. The number of methoxy groups -OCH3 is 1. The first-order chi connectivity index (χ1) is 9.77. The van der Waals surface area contributed by atoms with Crippen molar-refractivity contribution >= 4 is 17.6 Å². The highest BCUT2D eigenvalue weighted by atomic mass is 35.5. The van der Waals surface area contributed by atoms with E-state index in [1.54, 1.807) is 13.2 Å². The molecule has 0 atom stereocenters. The Balaban J connectivity index is 2.30. The maximum absolute atomic E-state index is 6.00. The molecule has 0 aliphatic carbocycles. The van der Waals surface area contributed by atoms with Gasteiger partial charge in [-0.05, 0) is 19.1 Å². The maximum Gasteiger partial charge on any atom is 0.191 e. The maximum atomic E-state index is 6.00. The molecule has 0 heterocycles. The summed E-state index contributed by atoms with van der Waals surface area (Å²) >= 11 is 6.00. The normalized spacial score (nSPS) is 11.2. The van der Waals surface area contributed by atoms with Crippen LogP contribution in [0.1, 0.15) is 6.92 Å². The molecular weight excluding hydrogens is 278 g/mol. The molecule has 0 spiro atoms. The van der Waals surface area contributed by atoms with Crippen LogP contribution in [0.15, 0.2) is 29.3 Å². The van der Waals surface area contributed by atoms with Gasteiger partial charge >= 0.3 is 0 Å². The molecular formula is C14H22ClN3O2. The van der Waals surface area contributed by atoms with Gasteiger partial charge in [0.25, 0.3) is 0 Å². The summed E-state index contributed by atoms with van der Waals surface area (Å²) in [6.45, 7) is 5.21. The van der Waals surface area contributed by atoms with E-state index in [-0.39, 0.29) is 0 Å². The van der Waals surface area contributed by atoms with Crippen LogP contribution < -0.4 is 15.4 Å². The quantitative estimate of drug-likeness (QED) is 0.437. The Bertz CT molecular complexity index is 413. The summed E-state index contributed by atoms with van der Waals surface area (Å²) in [7, 11) is 1.66. The number of aliphatic imine (C=N–C) groups is 1. The van der Waals surface area contributed by atoms with E-state index in [1.807, 2.05) is 25.1 Å². The molecule has 0 aliphatic heterocycles. The Morgan fingerprint density at radius 2 is 2.05 bits per heavy atom. The van der Waals surface area contributed by atoms with Crippen molar-refractivity contribution in [3.8, 4) is 5.75 Å². The van der Waals surface area contributed by atoms with Crippen molar-refractivity contribution < 1.29 is 9.47 Å². The molecule has 5 nitrogen and oxygen atoms in total. The van der Waals surface area contributed by atoms with Crippen molar-refractivity contribution in [1.29, 1.82) is 0 Å². The van der Waals surface area contributed by atoms with Gasteiger partial charge < -0.3 is 20.1 Å². The van der Waals surface area contributed by atoms with Crippen molar-refractivity contribution in [3.05, 3.63) is 29.3 Å². The van der Waals surface area contributed by atoms with E-state index in [2.05, 4.69) is 15.6 Å². The van der Waals surface area contributed by atoms with E-state index in [4.69, 9.17) is 21.1 Å². The van der Waals surface area contributed by atoms with Gasteiger partial charge in [-0.1, -0.05) is 23.7 Å². The zero-order valence-electron chi connectivity index (χ0n) is 12.0. The van der Waals surface area contributed by atoms with Crippen LogP contribution in [0, 0.1) is 0 Å². The van der Waals surface area contributed by atoms with E-state index in [0.717, 1.165) is 12.5 Å². The van der Waals surface area contributed by atoms with Gasteiger partial charge in [0, 0.05) is 13.7 Å². The lowest BCUT2D eigenvalue weighted by Gasteiger charge is -2.12. The van der Waals surface area contributed by atoms with Crippen molar-refractivity contribution in [1.82, 2.24) is 10.6 Å². The summed E-state index contributed by atoms with van der Waals surface area (Å²) in [4.78, 5) is 4.35. The lowest BCUT2D eigenvalue weighted by Crippen LogP contribution is -2.39. The van der Waals surface area contributed by atoms with Crippen LogP contribution in [0.4, 0.5) is 0 Å². The summed E-state index contributed by atoms with van der Waals surface area (Å²) in [5, 5.41) is 6.96. The number of ether oxygens (including phenoxy) is 2. The molecule has 2 N–H and O–H groups in total. The largest absolute Gasteiger partial charge is 0.490 e. The van der Waals surface area contributed by atoms with Gasteiger partial charge in [-0.25, -0.2) is 0 Å². The number of para-hydroxylation sites is 1. The van der Waals surface area contributed by atoms with E-state index < -0.39 is 0 Å². The molecule has 0 amide bonds. The number of hydrogen-bond acceptors (Lipinski definition) is 3. The molecule has 1 aromatic rings. The number of rotatable bonds is 8. The van der Waals surface area contributed by atoms with Crippen LogP contribution in [0.3, 0.4) is 0 Å². The van der Waals surface area contributed by atoms with Crippen molar-refractivity contribution in [2.75, 3.05) is 40.0 Å². The minimum Gasteiger partial charge on any atom is -0.490 e. The van der Waals surface area contributed by atoms with Crippen LogP contribution in [0.25, 0.3) is 0 Å². The first-order valence-corrected chi connectivity index (χ1v) is 7.04. The fourth-order valence-corrected chi connectivity index (χ4v) is 1.67. The molecule has 112 valence electrons. The lowest BCUT2D eigenvalue weighted by molar-refractivity contribution is 0.208. The van der Waals surface area contributed by atoms with Crippen LogP contribution in [0.2, 0.25) is 5.02 Å². The van der Waals surface area contributed by atoms with Gasteiger partial charge in [0.1, 0.15) is 12.4 Å². The Kier molecular flexibility index (Phi) is 8.58. The average Bonchev–Trinajstić information content (AvgIpc) is 2.45. The molecule has 6 heteroatoms. The van der Waals surface area contributed by atoms with E-state index in [9.17, 15) is 0 Å². The van der Waals surface area contributed by atoms with Crippen LogP contribution in [-0.2, 0) is 4.74 Å². The second-order valence-electron chi connectivity index (χ2n) is 3.96. The number of nitrogens with zero attached hydrogens (tertiary/aromatic N) is 1. The van der Waals surface area contributed by atoms with Crippen molar-refractivity contribution in [2.45, 2.75) is 6.92 Å². The first kappa shape index (κ1) is 16.6. The summed E-state index contributed by atoms with van der Waals surface area (Å²) in [5.74, 6) is 1.45. The Labute approximate surface area is 125 Å². The Morgan fingerprint density at radius 1 is 1.25 bits per heavy atom. The topological polar surface area (TPSA) is 54.9 Å². The van der Waals surface area contributed by atoms with Gasteiger partial charge in [-0.2, -0.15) is 0 Å². The monoisotopic (exact) mass is 299 g/mol. The molecule has 0 aromatic heterocycles. The number of hydrogen-bond donors (Lipinski definition) is 2. The predicted molar refractivity (Wildman–Crippen MR) is 82.8 cm³/mol. The smallest absolute Gasteiger partial charge is 0.191 e. The van der Waals surface area contributed by atoms with Crippen LogP contribution in [0.5, 0.6) is 5.75 Å². The highest BCUT2D eigenvalue weighted by molar-refractivity contribution is 6.32. The molecule has 20 heavy (non-hydrogen) atoms. The van der Waals surface area contributed by atoms with E-state index in [0.29, 0.717) is 37.1 Å². The number of halogens is 1. The highest BCUT2D eigenvalue weighted by Gasteiger charge is 2.00. The molecule has 1 aromatic carbocycles. The van der Waals surface area contributed by atoms with Crippen LogP contribution in [-0.4, -0.2) is 45.9 Å². The molecule has 0 unspecified atom stereocenters. The van der Waals surface area contributed by atoms with Gasteiger partial charge in [-0.3, -0.25) is 4.99 Å². The Hall–Kier alpha value is -1.46. The second-order valence-corrected chi connectivity index (χ2v) is 4.37. The third kappa shape index (κ3) is 6.63. The molecule has 0 radical (unpaired) electrons. The summed E-state index contributed by atoms with van der Waals surface area (Å²) in [6, 6.07) is 7.42. The summed E-state index contributed by atoms with van der Waals surface area (Å²) in [6.07, 6.45) is 0. The van der Waals surface area contributed by atoms with Gasteiger partial charge in [0.15, 0.2) is 5.96 Å². The molecule has 0 fully saturated rings. The van der Waals surface area contributed by atoms with Gasteiger partial charge in [-0.15, -0.1) is 0 Å². The van der Waals surface area contributed by atoms with E-state index in [1.165, 1.54) is 0 Å². The van der Waals surface area contributed by atoms with Crippen LogP contribution >= 0.6 is 11.6 Å². The molecule has 0 saturated heterocycles. The first-order valence-electron chi connectivity index (χ1n) is 6.66. The van der Waals surface area contributed by atoms with Crippen molar-refractivity contribution in [2.24, 2.45) is 4.99 Å². The third-order valence-electron chi connectivity index (χ3n) is 2.40. The molecule has 1 rings (SSSR count). The molecule has 0 saturated carbocycles. The lowest BCUT2D eigenvalue weighted by atomic mass is 10.3. The standard InChI is InChI=1S/C14H22ClN3O2/c1-3-16-14(17-8-10-19-2)18-9-11-20-13-7-5-4-6-12(13)15/h4-7H,3,8-11H2,1-2H3,(H2,16,17,18). The van der Waals surface area contributed by atoms with Gasteiger partial charge in [0.05, 0.1) is 24.7 Å². The summed E-state index contributed by atoms with van der Waals surface area (Å²) < 4.78 is 10.6. The number of guanidine groups is 1. The van der Waals surface area contributed by atoms with Gasteiger partial charge in [0.2, 0.25) is 0 Å².